The van der Waals surface area contributed by atoms with Crippen LogP contribution < -0.4 is 0 Å². The molecule has 2 atom stereocenters. The van der Waals surface area contributed by atoms with E-state index >= 15 is 0 Å². The van der Waals surface area contributed by atoms with E-state index in [1.165, 1.54) is 6.08 Å². The Labute approximate surface area is 162 Å². The van der Waals surface area contributed by atoms with Crippen LogP contribution in [0.3, 0.4) is 0 Å². The molecule has 1 aliphatic rings. The molecule has 0 aliphatic carbocycles. The molecule has 3 rings (SSSR count). The van der Waals surface area contributed by atoms with Gasteiger partial charge < -0.3 is 19.3 Å². The first-order valence-electron chi connectivity index (χ1n) is 8.68. The molecule has 2 heterocycles. The third-order valence-corrected chi connectivity index (χ3v) is 4.91. The molecular weight excluding hydrogens is 364 g/mol. The van der Waals surface area contributed by atoms with E-state index in [4.69, 9.17) is 19.3 Å². The van der Waals surface area contributed by atoms with Gasteiger partial charge in [0.1, 0.15) is 6.61 Å². The molecule has 142 valence electrons. The number of thiophene rings is 1. The van der Waals surface area contributed by atoms with E-state index in [2.05, 4.69) is 12.0 Å². The second kappa shape index (κ2) is 9.50. The van der Waals surface area contributed by atoms with Crippen LogP contribution in [0.5, 0.6) is 0 Å². The first kappa shape index (κ1) is 19.4. The number of hydrogen-bond donors (Lipinski definition) is 1. The van der Waals surface area contributed by atoms with Gasteiger partial charge in [0.25, 0.3) is 0 Å². The highest BCUT2D eigenvalue weighted by Crippen LogP contribution is 2.33. The van der Waals surface area contributed by atoms with Crippen LogP contribution in [0.25, 0.3) is 0 Å². The minimum absolute atomic E-state index is 0.0101. The summed E-state index contributed by atoms with van der Waals surface area (Å²) >= 11 is 1.61. The molecule has 5 nitrogen and oxygen atoms in total. The van der Waals surface area contributed by atoms with Crippen LogP contribution in [-0.4, -0.2) is 24.0 Å². The van der Waals surface area contributed by atoms with Gasteiger partial charge in [0.15, 0.2) is 0 Å². The lowest BCUT2D eigenvalue weighted by Gasteiger charge is -2.28. The molecule has 2 unspecified atom stereocenters. The van der Waals surface area contributed by atoms with Gasteiger partial charge in [-0.1, -0.05) is 36.9 Å². The number of hydrogen-bond acceptors (Lipinski definition) is 6. The first-order chi connectivity index (χ1) is 13.2. The lowest BCUT2D eigenvalue weighted by Crippen LogP contribution is -2.27. The maximum atomic E-state index is 12.2. The second-order valence-corrected chi connectivity index (χ2v) is 6.93. The maximum absolute atomic E-state index is 12.2. The zero-order valence-corrected chi connectivity index (χ0v) is 15.7. The number of allylic oxidation sites excluding steroid dienone is 1. The Kier molecular flexibility index (Phi) is 6.81. The Bertz CT molecular complexity index is 779. The van der Waals surface area contributed by atoms with Crippen LogP contribution >= 0.6 is 11.3 Å². The van der Waals surface area contributed by atoms with Crippen LogP contribution in [0.15, 0.2) is 65.6 Å². The number of aliphatic hydroxyl groups is 1. The van der Waals surface area contributed by atoms with Crippen LogP contribution in [0, 0.1) is 0 Å². The molecule has 0 radical (unpaired) electrons. The van der Waals surface area contributed by atoms with E-state index in [9.17, 15) is 4.79 Å². The van der Waals surface area contributed by atoms with Crippen molar-refractivity contribution in [1.29, 1.82) is 0 Å². The highest BCUT2D eigenvalue weighted by Gasteiger charge is 2.29. The van der Waals surface area contributed by atoms with Crippen LogP contribution in [0.4, 0.5) is 0 Å². The van der Waals surface area contributed by atoms with Gasteiger partial charge in [-0.15, -0.1) is 0 Å². The number of ether oxygens (including phenoxy) is 3. The molecule has 6 heteroatoms. The fourth-order valence-electron chi connectivity index (χ4n) is 2.76. The summed E-state index contributed by atoms with van der Waals surface area (Å²) in [5.41, 5.74) is 2.94. The number of benzene rings is 1. The van der Waals surface area contributed by atoms with Crippen molar-refractivity contribution in [2.24, 2.45) is 0 Å². The topological polar surface area (TPSA) is 65.0 Å². The molecule has 0 spiro atoms. The fourth-order valence-corrected chi connectivity index (χ4v) is 3.48. The van der Waals surface area contributed by atoms with Crippen molar-refractivity contribution in [2.45, 2.75) is 31.8 Å². The van der Waals surface area contributed by atoms with E-state index in [0.717, 1.165) is 16.7 Å². The van der Waals surface area contributed by atoms with Gasteiger partial charge in [0, 0.05) is 12.3 Å². The lowest BCUT2D eigenvalue weighted by molar-refractivity contribution is -0.163. The number of carbonyl (C=O) groups is 1. The normalized spacial score (nSPS) is 19.1. The van der Waals surface area contributed by atoms with E-state index in [1.54, 1.807) is 17.4 Å². The largest absolute Gasteiger partial charge is 0.458 e. The second-order valence-electron chi connectivity index (χ2n) is 6.15. The Morgan fingerprint density at radius 3 is 2.74 bits per heavy atom. The monoisotopic (exact) mass is 386 g/mol. The van der Waals surface area contributed by atoms with E-state index in [-0.39, 0.29) is 24.9 Å². The molecule has 0 bridgehead atoms. The fraction of sp³-hybridized carbons (Fsp3) is 0.286. The molecular formula is C21H22O5S. The van der Waals surface area contributed by atoms with Crippen molar-refractivity contribution in [3.63, 3.8) is 0 Å². The molecule has 27 heavy (non-hydrogen) atoms. The maximum Gasteiger partial charge on any atom is 0.373 e. The molecule has 1 aromatic carbocycles. The summed E-state index contributed by atoms with van der Waals surface area (Å²) in [4.78, 5) is 12.2. The van der Waals surface area contributed by atoms with Crippen molar-refractivity contribution in [3.8, 4) is 0 Å². The van der Waals surface area contributed by atoms with Crippen molar-refractivity contribution < 1.29 is 24.1 Å². The summed E-state index contributed by atoms with van der Waals surface area (Å²) in [6.45, 7) is 4.04. The minimum Gasteiger partial charge on any atom is -0.458 e. The van der Waals surface area contributed by atoms with Crippen molar-refractivity contribution >= 4 is 17.3 Å². The predicted molar refractivity (Wildman–Crippen MR) is 103 cm³/mol. The molecule has 0 fully saturated rings. The van der Waals surface area contributed by atoms with Gasteiger partial charge in [-0.2, -0.15) is 11.3 Å². The Morgan fingerprint density at radius 1 is 1.30 bits per heavy atom. The molecule has 0 amide bonds. The quantitative estimate of drug-likeness (QED) is 0.551. The van der Waals surface area contributed by atoms with Crippen molar-refractivity contribution in [1.82, 2.24) is 0 Å². The molecule has 2 aromatic rings. The summed E-state index contributed by atoms with van der Waals surface area (Å²) in [5.74, 6) is -0.325. The lowest BCUT2D eigenvalue weighted by atomic mass is 9.95. The molecule has 0 saturated carbocycles. The number of carbonyl (C=O) groups excluding carboxylic acids is 1. The van der Waals surface area contributed by atoms with E-state index in [0.29, 0.717) is 13.0 Å². The highest BCUT2D eigenvalue weighted by atomic mass is 32.1. The summed E-state index contributed by atoms with van der Waals surface area (Å²) in [7, 11) is 0. The van der Waals surface area contributed by atoms with E-state index < -0.39 is 12.3 Å². The summed E-state index contributed by atoms with van der Waals surface area (Å²) < 4.78 is 16.7. The van der Waals surface area contributed by atoms with Gasteiger partial charge in [-0.3, -0.25) is 0 Å². The summed E-state index contributed by atoms with van der Waals surface area (Å²) in [5, 5.41) is 13.2. The highest BCUT2D eigenvalue weighted by molar-refractivity contribution is 7.08. The predicted octanol–water partition coefficient (Wildman–Crippen LogP) is 3.90. The van der Waals surface area contributed by atoms with Crippen LogP contribution in [0.1, 0.15) is 29.0 Å². The molecule has 1 aliphatic heterocycles. The third-order valence-electron chi connectivity index (χ3n) is 4.20. The van der Waals surface area contributed by atoms with Crippen molar-refractivity contribution in [3.05, 3.63) is 82.3 Å². The number of aliphatic hydroxyl groups excluding tert-OH is 1. The summed E-state index contributed by atoms with van der Waals surface area (Å²) in [6, 6.07) is 9.55. The average molecular weight is 386 g/mol. The minimum atomic E-state index is -0.552. The number of esters is 1. The smallest absolute Gasteiger partial charge is 0.373 e. The SMILES string of the molecule is C=CCOC(=O)C1=CC(c2ccsc2)CC(OCc2ccc(CO)cc2)O1. The standard InChI is InChI=1S/C21H22O5S/c1-2-8-24-21(23)19-10-18(17-7-9-27-14-17)11-20(26-19)25-13-16-5-3-15(12-22)4-6-16/h2-7,9-10,14,18,20,22H,1,8,11-13H2. The van der Waals surface area contributed by atoms with Crippen LogP contribution in [-0.2, 0) is 32.2 Å². The number of rotatable bonds is 8. The Hall–Kier alpha value is -2.41. The molecule has 1 N–H and O–H groups in total. The third kappa shape index (κ3) is 5.29. The average Bonchev–Trinajstić information content (AvgIpc) is 3.25. The summed E-state index contributed by atoms with van der Waals surface area (Å²) in [6.07, 6.45) is 3.37. The van der Waals surface area contributed by atoms with Gasteiger partial charge in [0.05, 0.1) is 13.2 Å². The van der Waals surface area contributed by atoms with Gasteiger partial charge in [-0.25, -0.2) is 4.79 Å². The zero-order valence-electron chi connectivity index (χ0n) is 14.9. The van der Waals surface area contributed by atoms with Gasteiger partial charge >= 0.3 is 5.97 Å². The van der Waals surface area contributed by atoms with Gasteiger partial charge in [-0.05, 0) is 39.6 Å². The Balaban J connectivity index is 1.68. The zero-order chi connectivity index (χ0) is 19.1. The Morgan fingerprint density at radius 2 is 2.07 bits per heavy atom. The first-order valence-corrected chi connectivity index (χ1v) is 9.62. The van der Waals surface area contributed by atoms with Gasteiger partial charge in [0.2, 0.25) is 12.0 Å². The van der Waals surface area contributed by atoms with Crippen molar-refractivity contribution in [2.75, 3.05) is 6.61 Å². The molecule has 0 saturated heterocycles. The van der Waals surface area contributed by atoms with Crippen LogP contribution in [0.2, 0.25) is 0 Å². The molecule has 1 aromatic heterocycles. The van der Waals surface area contributed by atoms with E-state index in [1.807, 2.05) is 35.7 Å².